The Balaban J connectivity index is 2.65. The molecule has 0 radical (unpaired) electrons. The minimum absolute atomic E-state index is 0.354. The second-order valence-electron chi connectivity index (χ2n) is 4.23. The van der Waals surface area contributed by atoms with Crippen molar-refractivity contribution in [3.8, 4) is 11.8 Å². The predicted octanol–water partition coefficient (Wildman–Crippen LogP) is 1.98. The first kappa shape index (κ1) is 12.0. The van der Waals surface area contributed by atoms with Crippen molar-refractivity contribution >= 4 is 11.6 Å². The Morgan fingerprint density at radius 1 is 1.28 bits per heavy atom. The van der Waals surface area contributed by atoms with Crippen LogP contribution in [0.15, 0.2) is 18.2 Å². The Labute approximate surface area is 106 Å². The van der Waals surface area contributed by atoms with Crippen molar-refractivity contribution in [1.82, 2.24) is 9.78 Å². The van der Waals surface area contributed by atoms with Crippen LogP contribution in [0.4, 0.5) is 11.6 Å². The van der Waals surface area contributed by atoms with Gasteiger partial charge in [0, 0.05) is 7.05 Å². The quantitative estimate of drug-likeness (QED) is 0.842. The summed E-state index contributed by atoms with van der Waals surface area (Å²) in [5, 5.41) is 16.3. The molecule has 92 valence electrons. The number of hydrogen-bond donors (Lipinski definition) is 2. The van der Waals surface area contributed by atoms with Gasteiger partial charge in [0.1, 0.15) is 17.5 Å². The highest BCUT2D eigenvalue weighted by Gasteiger charge is 2.15. The molecular weight excluding hydrogens is 226 g/mol. The van der Waals surface area contributed by atoms with Gasteiger partial charge in [-0.2, -0.15) is 5.26 Å². The van der Waals surface area contributed by atoms with Gasteiger partial charge in [-0.3, -0.25) is 0 Å². The van der Waals surface area contributed by atoms with Crippen molar-refractivity contribution in [2.75, 3.05) is 18.1 Å². The van der Waals surface area contributed by atoms with Gasteiger partial charge >= 0.3 is 0 Å². The van der Waals surface area contributed by atoms with E-state index in [0.717, 1.165) is 16.8 Å². The second-order valence-corrected chi connectivity index (χ2v) is 4.23. The van der Waals surface area contributed by atoms with Crippen LogP contribution < -0.4 is 11.1 Å². The molecule has 1 heterocycles. The zero-order chi connectivity index (χ0) is 13.3. The fourth-order valence-electron chi connectivity index (χ4n) is 1.99. The molecule has 5 heteroatoms. The van der Waals surface area contributed by atoms with E-state index in [4.69, 9.17) is 11.0 Å². The van der Waals surface area contributed by atoms with Crippen molar-refractivity contribution in [2.45, 2.75) is 13.8 Å². The second kappa shape index (κ2) is 4.41. The van der Waals surface area contributed by atoms with E-state index in [0.29, 0.717) is 17.2 Å². The summed E-state index contributed by atoms with van der Waals surface area (Å²) in [5.74, 6) is 0.848. The summed E-state index contributed by atoms with van der Waals surface area (Å²) in [5.41, 5.74) is 9.45. The van der Waals surface area contributed by atoms with Gasteiger partial charge in [0.15, 0.2) is 5.82 Å². The zero-order valence-electron chi connectivity index (χ0n) is 10.7. The first-order valence-electron chi connectivity index (χ1n) is 5.62. The Morgan fingerprint density at radius 3 is 2.33 bits per heavy atom. The van der Waals surface area contributed by atoms with Crippen molar-refractivity contribution in [1.29, 1.82) is 5.26 Å². The molecule has 0 aliphatic heterocycles. The molecular formula is C13H15N5. The van der Waals surface area contributed by atoms with E-state index in [1.807, 2.05) is 26.0 Å². The molecule has 0 atom stereocenters. The molecule has 0 saturated heterocycles. The summed E-state index contributed by atoms with van der Waals surface area (Å²) in [7, 11) is 1.72. The Morgan fingerprint density at radius 2 is 1.89 bits per heavy atom. The van der Waals surface area contributed by atoms with Gasteiger partial charge in [0.2, 0.25) is 0 Å². The third kappa shape index (κ3) is 1.89. The molecule has 0 spiro atoms. The minimum Gasteiger partial charge on any atom is -0.382 e. The Bertz CT molecular complexity index is 613. The molecule has 5 nitrogen and oxygen atoms in total. The largest absolute Gasteiger partial charge is 0.382 e. The van der Waals surface area contributed by atoms with Gasteiger partial charge in [0.05, 0.1) is 5.69 Å². The predicted molar refractivity (Wildman–Crippen MR) is 71.7 cm³/mol. The maximum atomic E-state index is 9.08. The first-order valence-corrected chi connectivity index (χ1v) is 5.62. The maximum Gasteiger partial charge on any atom is 0.168 e. The monoisotopic (exact) mass is 241 g/mol. The molecule has 2 rings (SSSR count). The third-order valence-corrected chi connectivity index (χ3v) is 2.72. The van der Waals surface area contributed by atoms with Crippen LogP contribution in [0, 0.1) is 25.2 Å². The van der Waals surface area contributed by atoms with Gasteiger partial charge in [-0.05, 0) is 37.1 Å². The minimum atomic E-state index is 0.354. The topological polar surface area (TPSA) is 79.7 Å². The van der Waals surface area contributed by atoms with Gasteiger partial charge in [0.25, 0.3) is 0 Å². The highest BCUT2D eigenvalue weighted by molar-refractivity contribution is 5.66. The summed E-state index contributed by atoms with van der Waals surface area (Å²) in [4.78, 5) is 0. The number of benzene rings is 1. The van der Waals surface area contributed by atoms with Gasteiger partial charge in [-0.1, -0.05) is 6.07 Å². The first-order chi connectivity index (χ1) is 8.56. The van der Waals surface area contributed by atoms with Crippen molar-refractivity contribution < 1.29 is 0 Å². The Kier molecular flexibility index (Phi) is 2.94. The zero-order valence-corrected chi connectivity index (χ0v) is 10.7. The normalized spacial score (nSPS) is 10.1. The molecule has 0 fully saturated rings. The molecule has 2 aromatic rings. The SMILES string of the molecule is CNc1nn(-c2cc(C)cc(C)c2)c(N)c1C#N. The Hall–Kier alpha value is -2.48. The number of nitriles is 1. The summed E-state index contributed by atoms with van der Waals surface area (Å²) < 4.78 is 1.59. The van der Waals surface area contributed by atoms with Crippen LogP contribution in [0.25, 0.3) is 5.69 Å². The third-order valence-electron chi connectivity index (χ3n) is 2.72. The van der Waals surface area contributed by atoms with Crippen molar-refractivity contribution in [3.05, 3.63) is 34.9 Å². The van der Waals surface area contributed by atoms with E-state index in [-0.39, 0.29) is 0 Å². The number of nitrogens with one attached hydrogen (secondary N) is 1. The van der Waals surface area contributed by atoms with Crippen molar-refractivity contribution in [3.63, 3.8) is 0 Å². The van der Waals surface area contributed by atoms with Crippen LogP contribution in [0.2, 0.25) is 0 Å². The summed E-state index contributed by atoms with van der Waals surface area (Å²) in [6.45, 7) is 4.03. The van der Waals surface area contributed by atoms with E-state index in [9.17, 15) is 0 Å². The fourth-order valence-corrected chi connectivity index (χ4v) is 1.99. The average molecular weight is 241 g/mol. The number of nitrogen functional groups attached to an aromatic ring is 1. The van der Waals surface area contributed by atoms with Crippen LogP contribution in [-0.4, -0.2) is 16.8 Å². The lowest BCUT2D eigenvalue weighted by Crippen LogP contribution is -2.03. The van der Waals surface area contributed by atoms with Gasteiger partial charge in [-0.15, -0.1) is 5.10 Å². The summed E-state index contributed by atoms with van der Waals surface area (Å²) in [6, 6.07) is 8.11. The number of aromatic nitrogens is 2. The fraction of sp³-hybridized carbons (Fsp3) is 0.231. The molecule has 18 heavy (non-hydrogen) atoms. The van der Waals surface area contributed by atoms with Crippen LogP contribution >= 0.6 is 0 Å². The summed E-state index contributed by atoms with van der Waals surface area (Å²) >= 11 is 0. The standard InChI is InChI=1S/C13H15N5/c1-8-4-9(2)6-10(5-8)18-12(15)11(7-14)13(16-3)17-18/h4-6H,15H2,1-3H3,(H,16,17). The molecule has 0 aliphatic carbocycles. The number of nitrogens with zero attached hydrogens (tertiary/aromatic N) is 3. The highest BCUT2D eigenvalue weighted by atomic mass is 15.3. The molecule has 0 aliphatic rings. The maximum absolute atomic E-state index is 9.08. The lowest BCUT2D eigenvalue weighted by Gasteiger charge is -2.06. The van der Waals surface area contributed by atoms with Crippen molar-refractivity contribution in [2.24, 2.45) is 0 Å². The number of aryl methyl sites for hydroxylation is 2. The number of hydrogen-bond acceptors (Lipinski definition) is 4. The van der Waals surface area contributed by atoms with Crippen LogP contribution in [0.5, 0.6) is 0 Å². The molecule has 0 amide bonds. The molecule has 0 bridgehead atoms. The summed E-state index contributed by atoms with van der Waals surface area (Å²) in [6.07, 6.45) is 0. The van der Waals surface area contributed by atoms with E-state index in [1.54, 1.807) is 11.7 Å². The van der Waals surface area contributed by atoms with Gasteiger partial charge in [-0.25, -0.2) is 4.68 Å². The number of rotatable bonds is 2. The van der Waals surface area contributed by atoms with Crippen LogP contribution in [0.1, 0.15) is 16.7 Å². The lowest BCUT2D eigenvalue weighted by molar-refractivity contribution is 0.890. The molecule has 1 aromatic heterocycles. The number of anilines is 2. The van der Waals surface area contributed by atoms with E-state index in [1.165, 1.54) is 0 Å². The lowest BCUT2D eigenvalue weighted by atomic mass is 10.1. The van der Waals surface area contributed by atoms with Crippen LogP contribution in [0.3, 0.4) is 0 Å². The highest BCUT2D eigenvalue weighted by Crippen LogP contribution is 2.24. The molecule has 1 aromatic carbocycles. The van der Waals surface area contributed by atoms with Gasteiger partial charge < -0.3 is 11.1 Å². The van der Waals surface area contributed by atoms with E-state index < -0.39 is 0 Å². The molecule has 3 N–H and O–H groups in total. The molecule has 0 unspecified atom stereocenters. The number of nitrogens with two attached hydrogens (primary N) is 1. The smallest absolute Gasteiger partial charge is 0.168 e. The van der Waals surface area contributed by atoms with Crippen LogP contribution in [-0.2, 0) is 0 Å². The van der Waals surface area contributed by atoms with E-state index >= 15 is 0 Å². The average Bonchev–Trinajstić information content (AvgIpc) is 2.64. The molecule has 0 saturated carbocycles. The van der Waals surface area contributed by atoms with E-state index in [2.05, 4.69) is 22.6 Å².